The van der Waals surface area contributed by atoms with Gasteiger partial charge >= 0.3 is 11.9 Å². The molecule has 0 bridgehead atoms. The zero-order chi connectivity index (χ0) is 22.9. The summed E-state index contributed by atoms with van der Waals surface area (Å²) in [6.45, 7) is 0.727. The van der Waals surface area contributed by atoms with Crippen LogP contribution in [0.2, 0.25) is 0 Å². The highest BCUT2D eigenvalue weighted by Gasteiger charge is 2.57. The fourth-order valence-corrected chi connectivity index (χ4v) is 5.27. The van der Waals surface area contributed by atoms with E-state index in [-0.39, 0.29) is 27.9 Å². The predicted octanol–water partition coefficient (Wildman–Crippen LogP) is -1.61. The highest BCUT2D eigenvalue weighted by molar-refractivity contribution is 7.86. The van der Waals surface area contributed by atoms with Crippen LogP contribution in [0.1, 0.15) is 12.6 Å². The Balaban J connectivity index is 1.84. The SMILES string of the molecule is CO/N=C(/C(=O)N[C@@H]1C(=O)N2C(C(=O)O)=C(COC(C)=O)C[S@](=O)[C@H]12)c1csc(N)n1. The molecule has 31 heavy (non-hydrogen) atoms. The van der Waals surface area contributed by atoms with Crippen LogP contribution in [0, 0.1) is 0 Å². The van der Waals surface area contributed by atoms with E-state index in [0.29, 0.717) is 0 Å². The van der Waals surface area contributed by atoms with E-state index in [0.717, 1.165) is 23.2 Å². The van der Waals surface area contributed by atoms with E-state index in [1.807, 2.05) is 0 Å². The maximum Gasteiger partial charge on any atom is 0.352 e. The molecule has 2 amide bonds. The molecule has 1 aromatic heterocycles. The van der Waals surface area contributed by atoms with E-state index < -0.39 is 58.3 Å². The monoisotopic (exact) mass is 471 g/mol. The Morgan fingerprint density at radius 2 is 2.19 bits per heavy atom. The minimum atomic E-state index is -1.76. The summed E-state index contributed by atoms with van der Waals surface area (Å²) < 4.78 is 17.5. The Labute approximate surface area is 181 Å². The molecule has 4 N–H and O–H groups in total. The smallest absolute Gasteiger partial charge is 0.352 e. The van der Waals surface area contributed by atoms with Crippen molar-refractivity contribution in [3.8, 4) is 0 Å². The van der Waals surface area contributed by atoms with Gasteiger partial charge in [-0.15, -0.1) is 11.3 Å². The van der Waals surface area contributed by atoms with Crippen molar-refractivity contribution in [1.29, 1.82) is 0 Å². The van der Waals surface area contributed by atoms with Crippen LogP contribution in [-0.2, 0) is 39.6 Å². The summed E-state index contributed by atoms with van der Waals surface area (Å²) in [5, 5.41) is 16.1. The first-order valence-corrected chi connectivity index (χ1v) is 10.8. The Morgan fingerprint density at radius 3 is 2.74 bits per heavy atom. The van der Waals surface area contributed by atoms with E-state index in [9.17, 15) is 28.5 Å². The van der Waals surface area contributed by atoms with Crippen LogP contribution in [0.5, 0.6) is 0 Å². The average molecular weight is 471 g/mol. The van der Waals surface area contributed by atoms with Crippen molar-refractivity contribution in [2.75, 3.05) is 25.2 Å². The van der Waals surface area contributed by atoms with Crippen molar-refractivity contribution in [3.05, 3.63) is 22.3 Å². The molecule has 13 nitrogen and oxygen atoms in total. The van der Waals surface area contributed by atoms with Crippen LogP contribution < -0.4 is 11.1 Å². The van der Waals surface area contributed by atoms with Crippen LogP contribution in [0.3, 0.4) is 0 Å². The fraction of sp³-hybridized carbons (Fsp3) is 0.375. The van der Waals surface area contributed by atoms with Gasteiger partial charge in [-0.05, 0) is 0 Å². The van der Waals surface area contributed by atoms with Crippen molar-refractivity contribution in [2.45, 2.75) is 18.3 Å². The van der Waals surface area contributed by atoms with Crippen LogP contribution in [-0.4, -0.2) is 79.5 Å². The van der Waals surface area contributed by atoms with Crippen molar-refractivity contribution < 1.29 is 38.1 Å². The van der Waals surface area contributed by atoms with Gasteiger partial charge in [-0.25, -0.2) is 9.78 Å². The van der Waals surface area contributed by atoms with Gasteiger partial charge in [0.2, 0.25) is 0 Å². The molecule has 2 aliphatic rings. The molecule has 3 heterocycles. The number of aliphatic carboxylic acids is 1. The second-order valence-electron chi connectivity index (χ2n) is 6.31. The lowest BCUT2D eigenvalue weighted by Gasteiger charge is -2.48. The number of carboxylic acids is 1. The van der Waals surface area contributed by atoms with Crippen molar-refractivity contribution in [3.63, 3.8) is 0 Å². The van der Waals surface area contributed by atoms with E-state index in [1.54, 1.807) is 0 Å². The lowest BCUT2D eigenvalue weighted by atomic mass is 10.0. The summed E-state index contributed by atoms with van der Waals surface area (Å²) in [6.07, 6.45) is 0. The Kier molecular flexibility index (Phi) is 6.35. The largest absolute Gasteiger partial charge is 0.477 e. The minimum absolute atomic E-state index is 0.0370. The first-order chi connectivity index (χ1) is 14.6. The molecule has 0 unspecified atom stereocenters. The van der Waals surface area contributed by atoms with E-state index in [1.165, 1.54) is 12.5 Å². The average Bonchev–Trinajstić information content (AvgIpc) is 3.13. The summed E-state index contributed by atoms with van der Waals surface area (Å²) >= 11 is 1.06. The Hall–Kier alpha value is -3.33. The van der Waals surface area contributed by atoms with Crippen LogP contribution in [0.4, 0.5) is 5.13 Å². The lowest BCUT2D eigenvalue weighted by molar-refractivity contribution is -0.150. The van der Waals surface area contributed by atoms with Gasteiger partial charge in [-0.1, -0.05) is 5.16 Å². The maximum atomic E-state index is 12.7. The number of nitrogen functional groups attached to an aromatic ring is 1. The predicted molar refractivity (Wildman–Crippen MR) is 107 cm³/mol. The number of anilines is 1. The normalized spacial score (nSPS) is 23.0. The number of ether oxygens (including phenoxy) is 1. The van der Waals surface area contributed by atoms with Gasteiger partial charge in [0.1, 0.15) is 36.5 Å². The number of aromatic nitrogens is 1. The number of thiazole rings is 1. The van der Waals surface area contributed by atoms with Gasteiger partial charge in [-0.2, -0.15) is 0 Å². The number of carbonyl (C=O) groups excluding carboxylic acids is 3. The molecular weight excluding hydrogens is 454 g/mol. The Morgan fingerprint density at radius 1 is 1.48 bits per heavy atom. The number of nitrogens with two attached hydrogens (primary N) is 1. The number of rotatable bonds is 7. The first-order valence-electron chi connectivity index (χ1n) is 8.58. The molecule has 15 heteroatoms. The molecule has 166 valence electrons. The molecule has 2 aliphatic heterocycles. The second-order valence-corrected chi connectivity index (χ2v) is 8.73. The molecule has 1 fully saturated rings. The molecule has 0 saturated carbocycles. The number of hydrogen-bond acceptors (Lipinski definition) is 11. The molecule has 0 spiro atoms. The number of β-lactam (4-membered cyclic amide) rings is 1. The zero-order valence-corrected chi connectivity index (χ0v) is 17.8. The maximum absolute atomic E-state index is 12.7. The summed E-state index contributed by atoms with van der Waals surface area (Å²) in [6, 6.07) is -1.25. The minimum Gasteiger partial charge on any atom is -0.477 e. The van der Waals surface area contributed by atoms with Crippen LogP contribution in [0.25, 0.3) is 0 Å². The third-order valence-corrected chi connectivity index (χ3v) is 6.63. The van der Waals surface area contributed by atoms with Crippen molar-refractivity contribution in [1.82, 2.24) is 15.2 Å². The topological polar surface area (TPSA) is 191 Å². The molecule has 1 aromatic rings. The molecule has 0 aromatic carbocycles. The van der Waals surface area contributed by atoms with Gasteiger partial charge < -0.3 is 25.7 Å². The third-order valence-electron chi connectivity index (χ3n) is 4.31. The van der Waals surface area contributed by atoms with Crippen molar-refractivity contribution >= 4 is 56.7 Å². The quantitative estimate of drug-likeness (QED) is 0.180. The molecular formula is C16H17N5O8S2. The third kappa shape index (κ3) is 4.27. The number of nitrogens with one attached hydrogen (secondary N) is 1. The summed E-state index contributed by atoms with van der Waals surface area (Å²) in [5.74, 6) is -3.95. The summed E-state index contributed by atoms with van der Waals surface area (Å²) in [5.41, 5.74) is 5.04. The van der Waals surface area contributed by atoms with Gasteiger partial charge in [-0.3, -0.25) is 23.5 Å². The fourth-order valence-electron chi connectivity index (χ4n) is 3.05. The van der Waals surface area contributed by atoms with Crippen molar-refractivity contribution in [2.24, 2.45) is 5.16 Å². The van der Waals surface area contributed by atoms with E-state index >= 15 is 0 Å². The van der Waals surface area contributed by atoms with E-state index in [2.05, 4.69) is 20.3 Å². The molecule has 0 aliphatic carbocycles. The summed E-state index contributed by atoms with van der Waals surface area (Å²) in [4.78, 5) is 57.5. The van der Waals surface area contributed by atoms with Crippen LogP contribution >= 0.6 is 11.3 Å². The van der Waals surface area contributed by atoms with Gasteiger partial charge in [0.05, 0.1) is 16.6 Å². The van der Waals surface area contributed by atoms with Gasteiger partial charge in [0.25, 0.3) is 11.8 Å². The highest BCUT2D eigenvalue weighted by atomic mass is 32.2. The van der Waals surface area contributed by atoms with E-state index in [4.69, 9.17) is 10.5 Å². The summed E-state index contributed by atoms with van der Waals surface area (Å²) in [7, 11) is -0.549. The number of carbonyl (C=O) groups is 4. The number of amides is 2. The number of nitrogens with zero attached hydrogens (tertiary/aromatic N) is 3. The number of esters is 1. The van der Waals surface area contributed by atoms with Gasteiger partial charge in [0.15, 0.2) is 10.8 Å². The number of fused-ring (bicyclic) bond motifs is 1. The van der Waals surface area contributed by atoms with Crippen LogP contribution in [0.15, 0.2) is 21.8 Å². The number of carboxylic acid groups (broad SMARTS) is 1. The molecule has 3 atom stereocenters. The molecule has 1 saturated heterocycles. The number of oxime groups is 1. The molecule has 3 rings (SSSR count). The molecule has 0 radical (unpaired) electrons. The second kappa shape index (κ2) is 8.81. The highest BCUT2D eigenvalue weighted by Crippen LogP contribution is 2.35. The van der Waals surface area contributed by atoms with Gasteiger partial charge in [0, 0.05) is 17.9 Å². The number of hydrogen-bond donors (Lipinski definition) is 3. The lowest BCUT2D eigenvalue weighted by Crippen LogP contribution is -2.74. The standard InChI is InChI=1S/C16H17N5O8S2/c1-6(22)29-3-7-5-31(27)14-10(13(24)21(14)11(7)15(25)26)19-12(23)9(20-28-2)8-4-30-16(17)18-8/h4,10,14H,3,5H2,1-2H3,(H2,17,18)(H,19,23)(H,25,26)/b20-9+/t10-,14-,31+/m1/s1. The zero-order valence-electron chi connectivity index (χ0n) is 16.2. The first kappa shape index (κ1) is 22.4. The Bertz CT molecular complexity index is 1050.